The Hall–Kier alpha value is -1.42. The van der Waals surface area contributed by atoms with Gasteiger partial charge in [-0.3, -0.25) is 0 Å². The van der Waals surface area contributed by atoms with Gasteiger partial charge < -0.3 is 15.4 Å². The van der Waals surface area contributed by atoms with Crippen LogP contribution in [0.1, 0.15) is 54.5 Å². The van der Waals surface area contributed by atoms with Gasteiger partial charge in [0.05, 0.1) is 13.1 Å². The summed E-state index contributed by atoms with van der Waals surface area (Å²) in [5.41, 5.74) is 1.10. The lowest BCUT2D eigenvalue weighted by Gasteiger charge is -2.22. The number of pyridine rings is 1. The van der Waals surface area contributed by atoms with E-state index in [1.165, 1.54) is 24.1 Å². The number of nitrogens with zero attached hydrogens (tertiary/aromatic N) is 3. The molecule has 2 heterocycles. The summed E-state index contributed by atoms with van der Waals surface area (Å²) in [7, 11) is 0. The van der Waals surface area contributed by atoms with Crippen LogP contribution >= 0.6 is 35.3 Å². The van der Waals surface area contributed by atoms with E-state index in [0.29, 0.717) is 25.1 Å². The number of aryl methyl sites for hydroxylation is 1. The number of hydrogen-bond donors (Lipinski definition) is 2. The second-order valence-electron chi connectivity index (χ2n) is 6.79. The second kappa shape index (κ2) is 12.2. The summed E-state index contributed by atoms with van der Waals surface area (Å²) in [4.78, 5) is 14.6. The maximum Gasteiger partial charge on any atom is 0.213 e. The van der Waals surface area contributed by atoms with Crippen molar-refractivity contribution in [1.29, 1.82) is 0 Å². The molecule has 0 amide bonds. The molecule has 2 aromatic heterocycles. The lowest BCUT2D eigenvalue weighted by molar-refractivity contribution is 0.148. The minimum absolute atomic E-state index is 0. The fourth-order valence-corrected chi connectivity index (χ4v) is 3.85. The molecule has 0 saturated heterocycles. The highest BCUT2D eigenvalue weighted by Crippen LogP contribution is 2.22. The van der Waals surface area contributed by atoms with E-state index in [2.05, 4.69) is 39.4 Å². The average Bonchev–Trinajstić information content (AvgIpc) is 3.10. The van der Waals surface area contributed by atoms with Crippen LogP contribution in [-0.4, -0.2) is 28.6 Å². The van der Waals surface area contributed by atoms with E-state index in [-0.39, 0.29) is 24.0 Å². The Morgan fingerprint density at radius 3 is 2.79 bits per heavy atom. The van der Waals surface area contributed by atoms with Crippen molar-refractivity contribution < 1.29 is 4.74 Å². The van der Waals surface area contributed by atoms with Gasteiger partial charge in [-0.25, -0.2) is 15.0 Å². The Balaban J connectivity index is 0.00000280. The van der Waals surface area contributed by atoms with Crippen LogP contribution in [0.25, 0.3) is 0 Å². The fraction of sp³-hybridized carbons (Fsp3) is 0.550. The lowest BCUT2D eigenvalue weighted by Crippen LogP contribution is -2.36. The lowest BCUT2D eigenvalue weighted by atomic mass is 9.98. The van der Waals surface area contributed by atoms with Crippen molar-refractivity contribution >= 4 is 41.3 Å². The summed E-state index contributed by atoms with van der Waals surface area (Å²) in [6.07, 6.45) is 10.1. The molecule has 2 N–H and O–H groups in total. The minimum Gasteiger partial charge on any atom is -0.474 e. The SMILES string of the molecule is CCNC(=NCc1ccnc(OC2CCCCC2)c1)NCc1ncc(C)s1.I. The van der Waals surface area contributed by atoms with Crippen molar-refractivity contribution in [3.63, 3.8) is 0 Å². The van der Waals surface area contributed by atoms with Gasteiger partial charge in [0.25, 0.3) is 0 Å². The van der Waals surface area contributed by atoms with Gasteiger partial charge in [-0.15, -0.1) is 35.3 Å². The summed E-state index contributed by atoms with van der Waals surface area (Å²) in [6, 6.07) is 4.00. The molecule has 6 nitrogen and oxygen atoms in total. The first-order valence-electron chi connectivity index (χ1n) is 9.78. The van der Waals surface area contributed by atoms with Crippen molar-refractivity contribution in [2.45, 2.75) is 65.1 Å². The number of rotatable bonds is 7. The Morgan fingerprint density at radius 2 is 2.07 bits per heavy atom. The molecule has 28 heavy (non-hydrogen) atoms. The fourth-order valence-electron chi connectivity index (χ4n) is 3.12. The van der Waals surface area contributed by atoms with E-state index in [1.54, 1.807) is 11.3 Å². The Morgan fingerprint density at radius 1 is 1.25 bits per heavy atom. The van der Waals surface area contributed by atoms with E-state index in [4.69, 9.17) is 4.74 Å². The number of thiazole rings is 1. The number of nitrogens with one attached hydrogen (secondary N) is 2. The Bertz CT molecular complexity index is 746. The third-order valence-corrected chi connectivity index (χ3v) is 5.39. The first-order valence-corrected chi connectivity index (χ1v) is 10.6. The predicted molar refractivity (Wildman–Crippen MR) is 126 cm³/mol. The van der Waals surface area contributed by atoms with Gasteiger partial charge in [-0.2, -0.15) is 0 Å². The van der Waals surface area contributed by atoms with Gasteiger partial charge in [-0.1, -0.05) is 6.42 Å². The number of ether oxygens (including phenoxy) is 1. The van der Waals surface area contributed by atoms with Gasteiger partial charge >= 0.3 is 0 Å². The molecule has 2 aromatic rings. The van der Waals surface area contributed by atoms with Crippen LogP contribution < -0.4 is 15.4 Å². The zero-order chi connectivity index (χ0) is 18.9. The summed E-state index contributed by atoms with van der Waals surface area (Å²) in [5, 5.41) is 7.68. The molecule has 0 radical (unpaired) electrons. The molecule has 0 unspecified atom stereocenters. The molecule has 0 aromatic carbocycles. The van der Waals surface area contributed by atoms with Gasteiger partial charge in [0.2, 0.25) is 5.88 Å². The molecular weight excluding hydrogens is 485 g/mol. The molecule has 0 atom stereocenters. The molecule has 1 fully saturated rings. The number of hydrogen-bond acceptors (Lipinski definition) is 5. The topological polar surface area (TPSA) is 71.4 Å². The second-order valence-corrected chi connectivity index (χ2v) is 8.11. The van der Waals surface area contributed by atoms with E-state index < -0.39 is 0 Å². The van der Waals surface area contributed by atoms with Crippen LogP contribution in [-0.2, 0) is 13.1 Å². The highest BCUT2D eigenvalue weighted by atomic mass is 127. The van der Waals surface area contributed by atoms with Gasteiger partial charge in [0.1, 0.15) is 11.1 Å². The van der Waals surface area contributed by atoms with Crippen LogP contribution in [0.15, 0.2) is 29.5 Å². The van der Waals surface area contributed by atoms with Crippen LogP contribution in [0.2, 0.25) is 0 Å². The van der Waals surface area contributed by atoms with Crippen LogP contribution in [0.4, 0.5) is 0 Å². The van der Waals surface area contributed by atoms with Crippen molar-refractivity contribution in [2.75, 3.05) is 6.54 Å². The molecule has 154 valence electrons. The summed E-state index contributed by atoms with van der Waals surface area (Å²) in [6.45, 7) is 6.20. The third kappa shape index (κ3) is 7.54. The number of halogens is 1. The molecule has 1 aliphatic rings. The predicted octanol–water partition coefficient (Wildman–Crippen LogP) is 4.43. The summed E-state index contributed by atoms with van der Waals surface area (Å²) < 4.78 is 6.06. The molecule has 0 bridgehead atoms. The van der Waals surface area contributed by atoms with Crippen molar-refractivity contribution in [2.24, 2.45) is 4.99 Å². The zero-order valence-electron chi connectivity index (χ0n) is 16.6. The summed E-state index contributed by atoms with van der Waals surface area (Å²) >= 11 is 1.70. The highest BCUT2D eigenvalue weighted by molar-refractivity contribution is 14.0. The minimum atomic E-state index is 0. The molecule has 1 aliphatic carbocycles. The largest absolute Gasteiger partial charge is 0.474 e. The number of aliphatic imine (C=N–C) groups is 1. The maximum atomic E-state index is 6.06. The van der Waals surface area contributed by atoms with Crippen LogP contribution in [0.3, 0.4) is 0 Å². The first kappa shape index (κ1) is 22.9. The van der Waals surface area contributed by atoms with Crippen molar-refractivity contribution in [1.82, 2.24) is 20.6 Å². The molecule has 3 rings (SSSR count). The summed E-state index contributed by atoms with van der Waals surface area (Å²) in [5.74, 6) is 1.50. The average molecular weight is 515 g/mol. The van der Waals surface area contributed by atoms with E-state index in [0.717, 1.165) is 35.9 Å². The van der Waals surface area contributed by atoms with E-state index in [1.807, 2.05) is 24.5 Å². The zero-order valence-corrected chi connectivity index (χ0v) is 19.8. The standard InChI is InChI=1S/C20H29N5OS.HI/c1-3-21-20(25-14-19-23-12-15(2)27-19)24-13-16-9-10-22-18(11-16)26-17-7-5-4-6-8-17;/h9-12,17H,3-8,13-14H2,1-2H3,(H2,21,24,25);1H. The monoisotopic (exact) mass is 515 g/mol. The normalized spacial score (nSPS) is 15.0. The Labute approximate surface area is 188 Å². The molecule has 0 spiro atoms. The van der Waals surface area contributed by atoms with Gasteiger partial charge in [0, 0.05) is 29.9 Å². The van der Waals surface area contributed by atoms with Crippen LogP contribution in [0.5, 0.6) is 5.88 Å². The molecule has 0 aliphatic heterocycles. The first-order chi connectivity index (χ1) is 13.2. The molecule has 8 heteroatoms. The van der Waals surface area contributed by atoms with Gasteiger partial charge in [-0.05, 0) is 51.2 Å². The molecule has 1 saturated carbocycles. The quantitative estimate of drug-likeness (QED) is 0.324. The number of guanidine groups is 1. The maximum absolute atomic E-state index is 6.06. The smallest absolute Gasteiger partial charge is 0.213 e. The third-order valence-electron chi connectivity index (χ3n) is 4.48. The highest BCUT2D eigenvalue weighted by Gasteiger charge is 2.15. The van der Waals surface area contributed by atoms with Gasteiger partial charge in [0.15, 0.2) is 5.96 Å². The van der Waals surface area contributed by atoms with E-state index in [9.17, 15) is 0 Å². The number of aromatic nitrogens is 2. The van der Waals surface area contributed by atoms with Crippen molar-refractivity contribution in [3.8, 4) is 5.88 Å². The van der Waals surface area contributed by atoms with Crippen molar-refractivity contribution in [3.05, 3.63) is 40.0 Å². The van der Waals surface area contributed by atoms with Crippen LogP contribution in [0, 0.1) is 6.92 Å². The Kier molecular flexibility index (Phi) is 9.97. The van der Waals surface area contributed by atoms with E-state index >= 15 is 0 Å². The molecular formula is C20H30IN5OS.